The van der Waals surface area contributed by atoms with Crippen LogP contribution in [0.3, 0.4) is 0 Å². The lowest BCUT2D eigenvalue weighted by Gasteiger charge is -2.38. The molecule has 17 heteroatoms. The van der Waals surface area contributed by atoms with Gasteiger partial charge in [0.1, 0.15) is 17.8 Å². The number of carbonyl (C=O) groups excluding carboxylic acids is 6. The van der Waals surface area contributed by atoms with Crippen molar-refractivity contribution in [2.24, 2.45) is 0 Å². The van der Waals surface area contributed by atoms with Crippen molar-refractivity contribution in [1.29, 1.82) is 0 Å². The molecule has 7 aromatic rings. The van der Waals surface area contributed by atoms with E-state index in [-0.39, 0.29) is 22.3 Å². The summed E-state index contributed by atoms with van der Waals surface area (Å²) in [6.45, 7) is 0.971. The summed E-state index contributed by atoms with van der Waals surface area (Å²) in [6.07, 6.45) is -16.6. The van der Waals surface area contributed by atoms with Gasteiger partial charge in [0, 0.05) is 13.8 Å². The zero-order valence-corrected chi connectivity index (χ0v) is 43.4. The van der Waals surface area contributed by atoms with Gasteiger partial charge in [-0.25, -0.2) is 19.2 Å². The second kappa shape index (κ2) is 26.2. The van der Waals surface area contributed by atoms with Gasteiger partial charge in [0.2, 0.25) is 0 Å². The lowest BCUT2D eigenvalue weighted by atomic mass is 9.80. The van der Waals surface area contributed by atoms with E-state index in [2.05, 4.69) is 0 Å². The molecule has 410 valence electrons. The standard InChI is InChI=1S/C63H56O17/c1-40(64)73-55-53(78-59(68)44-28-14-5-15-29-44)51(77-61(55)70)49(75-57(66)42-24-10-3-11-25-42)38-71-62-56(74-41(2)65)54(79-60(69)45-30-16-6-17-31-45)52(80-62)50(76-58(67)43-26-12-4-13-27-43)39-72-63(46-32-18-7-19-33-46,47-34-20-8-21-35-47)48-36-22-9-23-37-48/h3-37,49-56,61-62,70H,38-39H2,1-2H3/t49-,50-,51+,52+,53+,54+,55-,56-,61-,62-/m1/s1. The molecule has 0 radical (unpaired) electrons. The largest absolute Gasteiger partial charge is 0.453 e. The van der Waals surface area contributed by atoms with Crippen LogP contribution in [-0.2, 0) is 62.6 Å². The second-order valence-corrected chi connectivity index (χ2v) is 18.6. The Hall–Kier alpha value is -8.84. The molecule has 7 aromatic carbocycles. The highest BCUT2D eigenvalue weighted by atomic mass is 16.8. The first kappa shape index (κ1) is 55.9. The Morgan fingerprint density at radius 2 is 0.738 bits per heavy atom. The molecular formula is C63H56O17. The van der Waals surface area contributed by atoms with Gasteiger partial charge >= 0.3 is 35.8 Å². The van der Waals surface area contributed by atoms with Crippen LogP contribution in [-0.4, -0.2) is 116 Å². The molecule has 0 bridgehead atoms. The van der Waals surface area contributed by atoms with Gasteiger partial charge < -0.3 is 52.5 Å². The molecule has 0 unspecified atom stereocenters. The highest BCUT2D eigenvalue weighted by molar-refractivity contribution is 5.91. The molecule has 0 aromatic heterocycles. The van der Waals surface area contributed by atoms with Crippen LogP contribution >= 0.6 is 0 Å². The van der Waals surface area contributed by atoms with Crippen molar-refractivity contribution in [3.8, 4) is 0 Å². The Morgan fingerprint density at radius 3 is 1.12 bits per heavy atom. The average Bonchev–Trinajstić information content (AvgIpc) is 4.07. The Kier molecular flexibility index (Phi) is 18.3. The number of hydrogen-bond donors (Lipinski definition) is 1. The van der Waals surface area contributed by atoms with Crippen LogP contribution in [0.25, 0.3) is 0 Å². The highest BCUT2D eigenvalue weighted by Crippen LogP contribution is 2.42. The normalized spacial score (nSPS) is 21.2. The van der Waals surface area contributed by atoms with E-state index in [4.69, 9.17) is 47.4 Å². The minimum atomic E-state index is -1.92. The highest BCUT2D eigenvalue weighted by Gasteiger charge is 2.57. The fourth-order valence-corrected chi connectivity index (χ4v) is 9.60. The maximum absolute atomic E-state index is 14.4. The number of rotatable bonds is 21. The van der Waals surface area contributed by atoms with Crippen LogP contribution in [0.5, 0.6) is 0 Å². The van der Waals surface area contributed by atoms with Crippen molar-refractivity contribution in [2.75, 3.05) is 13.2 Å². The molecule has 2 heterocycles. The quantitative estimate of drug-likeness (QED) is 0.0407. The van der Waals surface area contributed by atoms with Crippen molar-refractivity contribution < 1.29 is 81.2 Å². The number of aliphatic hydroxyl groups is 1. The van der Waals surface area contributed by atoms with Gasteiger partial charge in [0.25, 0.3) is 0 Å². The fourth-order valence-electron chi connectivity index (χ4n) is 9.60. The van der Waals surface area contributed by atoms with Gasteiger partial charge in [-0.15, -0.1) is 0 Å². The molecule has 2 saturated heterocycles. The van der Waals surface area contributed by atoms with Crippen molar-refractivity contribution in [2.45, 2.75) is 80.9 Å². The van der Waals surface area contributed by atoms with Gasteiger partial charge in [-0.1, -0.05) is 164 Å². The minimum Gasteiger partial charge on any atom is -0.453 e. The summed E-state index contributed by atoms with van der Waals surface area (Å²) >= 11 is 0. The summed E-state index contributed by atoms with van der Waals surface area (Å²) in [5.41, 5.74) is 1.12. The number of benzene rings is 7. The SMILES string of the molecule is CC(=O)O[C@@H]1[C@@H](OC(=O)c2ccccc2)[C@H]([C@@H](CO[C@@H]2O[C@@H]([C@@H](COC(c3ccccc3)(c3ccccc3)c3ccccc3)OC(=O)c3ccccc3)[C@H](OC(=O)c3ccccc3)[C@H]2OC(C)=O)OC(=O)c2ccccc2)O[C@H]1O. The van der Waals surface area contributed by atoms with E-state index in [0.717, 1.165) is 13.8 Å². The Morgan fingerprint density at radius 1 is 0.412 bits per heavy atom. The summed E-state index contributed by atoms with van der Waals surface area (Å²) in [6, 6.07) is 60.0. The van der Waals surface area contributed by atoms with Crippen molar-refractivity contribution in [3.63, 3.8) is 0 Å². The third-order valence-electron chi connectivity index (χ3n) is 13.2. The zero-order chi connectivity index (χ0) is 56.0. The zero-order valence-electron chi connectivity index (χ0n) is 43.4. The fraction of sp³-hybridized carbons (Fsp3) is 0.238. The Labute approximate surface area is 460 Å². The summed E-state index contributed by atoms with van der Waals surface area (Å²) in [5.74, 6) is -5.26. The van der Waals surface area contributed by atoms with Crippen molar-refractivity contribution in [3.05, 3.63) is 251 Å². The van der Waals surface area contributed by atoms with Gasteiger partial charge in [-0.2, -0.15) is 0 Å². The van der Waals surface area contributed by atoms with Crippen LogP contribution in [0, 0.1) is 0 Å². The maximum atomic E-state index is 14.4. The molecule has 0 saturated carbocycles. The molecule has 17 nitrogen and oxygen atoms in total. The summed E-state index contributed by atoms with van der Waals surface area (Å²) in [5, 5.41) is 11.3. The molecule has 2 aliphatic heterocycles. The molecule has 80 heavy (non-hydrogen) atoms. The van der Waals surface area contributed by atoms with Gasteiger partial charge in [0.05, 0.1) is 35.5 Å². The van der Waals surface area contributed by atoms with E-state index in [9.17, 15) is 33.9 Å². The van der Waals surface area contributed by atoms with Crippen LogP contribution in [0.2, 0.25) is 0 Å². The molecule has 0 aliphatic carbocycles. The van der Waals surface area contributed by atoms with Gasteiger partial charge in [0.15, 0.2) is 49.2 Å². The summed E-state index contributed by atoms with van der Waals surface area (Å²) < 4.78 is 62.5. The molecule has 2 aliphatic rings. The van der Waals surface area contributed by atoms with E-state index in [1.807, 2.05) is 91.0 Å². The third kappa shape index (κ3) is 13.2. The number of carbonyl (C=O) groups is 6. The number of ether oxygens (including phenoxy) is 10. The summed E-state index contributed by atoms with van der Waals surface area (Å²) in [4.78, 5) is 82.3. The van der Waals surface area contributed by atoms with Crippen molar-refractivity contribution in [1.82, 2.24) is 0 Å². The maximum Gasteiger partial charge on any atom is 0.338 e. The van der Waals surface area contributed by atoms with Gasteiger partial charge in [-0.05, 0) is 65.2 Å². The lowest BCUT2D eigenvalue weighted by Crippen LogP contribution is -2.49. The monoisotopic (exact) mass is 1080 g/mol. The molecule has 10 atom stereocenters. The topological polar surface area (TPSA) is 215 Å². The van der Waals surface area contributed by atoms with E-state index < -0.39 is 116 Å². The number of hydrogen-bond acceptors (Lipinski definition) is 17. The van der Waals surface area contributed by atoms with Gasteiger partial charge in [-0.3, -0.25) is 9.59 Å². The predicted molar refractivity (Wildman–Crippen MR) is 284 cm³/mol. The third-order valence-corrected chi connectivity index (χ3v) is 13.2. The molecule has 0 spiro atoms. The summed E-state index contributed by atoms with van der Waals surface area (Å²) in [7, 11) is 0. The Bertz CT molecular complexity index is 3070. The smallest absolute Gasteiger partial charge is 0.338 e. The molecule has 1 N–H and O–H groups in total. The van der Waals surface area contributed by atoms with Crippen LogP contribution in [0.15, 0.2) is 212 Å². The minimum absolute atomic E-state index is 0.0777. The van der Waals surface area contributed by atoms with E-state index in [0.29, 0.717) is 16.7 Å². The first-order chi connectivity index (χ1) is 38.9. The Balaban J connectivity index is 1.13. The first-order valence-electron chi connectivity index (χ1n) is 25.7. The second-order valence-electron chi connectivity index (χ2n) is 18.6. The van der Waals surface area contributed by atoms with Crippen molar-refractivity contribution >= 4 is 35.8 Å². The van der Waals surface area contributed by atoms with E-state index in [1.54, 1.807) is 84.9 Å². The van der Waals surface area contributed by atoms with Crippen LogP contribution in [0.4, 0.5) is 0 Å². The number of aliphatic hydroxyl groups excluding tert-OH is 1. The predicted octanol–water partition coefficient (Wildman–Crippen LogP) is 8.22. The van der Waals surface area contributed by atoms with E-state index in [1.165, 1.54) is 36.4 Å². The first-order valence-corrected chi connectivity index (χ1v) is 25.7. The molecular weight excluding hydrogens is 1030 g/mol. The lowest BCUT2D eigenvalue weighted by molar-refractivity contribution is -0.214. The van der Waals surface area contributed by atoms with Crippen LogP contribution in [0.1, 0.15) is 72.0 Å². The number of esters is 6. The molecule has 2 fully saturated rings. The molecule has 9 rings (SSSR count). The van der Waals surface area contributed by atoms with Crippen LogP contribution < -0.4 is 0 Å². The molecule has 0 amide bonds. The van der Waals surface area contributed by atoms with E-state index >= 15 is 0 Å². The average molecular weight is 1090 g/mol.